The highest BCUT2D eigenvalue weighted by Gasteiger charge is 2.12. The van der Waals surface area contributed by atoms with Crippen molar-refractivity contribution in [3.8, 4) is 17.2 Å². The minimum absolute atomic E-state index is 0.500. The van der Waals surface area contributed by atoms with Crippen LogP contribution in [0.3, 0.4) is 0 Å². The lowest BCUT2D eigenvalue weighted by molar-refractivity contribution is 0.414. The van der Waals surface area contributed by atoms with E-state index in [1.165, 1.54) is 11.1 Å². The van der Waals surface area contributed by atoms with E-state index in [1.54, 1.807) is 21.3 Å². The fourth-order valence-electron chi connectivity index (χ4n) is 4.54. The normalized spacial score (nSPS) is 10.4. The molecule has 2 heterocycles. The Hall–Kier alpha value is -4.46. The Balaban J connectivity index is 0.000000222. The molecule has 0 radical (unpaired) electrons. The lowest BCUT2D eigenvalue weighted by Gasteiger charge is -2.25. The summed E-state index contributed by atoms with van der Waals surface area (Å²) in [7, 11) is 5.00. The van der Waals surface area contributed by atoms with E-state index in [0.29, 0.717) is 29.9 Å². The van der Waals surface area contributed by atoms with Crippen molar-refractivity contribution in [2.45, 2.75) is 33.5 Å². The molecule has 0 amide bonds. The summed E-state index contributed by atoms with van der Waals surface area (Å²) < 4.78 is 15.6. The number of nitrogens with zero attached hydrogens (tertiary/aromatic N) is 3. The van der Waals surface area contributed by atoms with Crippen molar-refractivity contribution in [1.82, 2.24) is 9.97 Å². The van der Waals surface area contributed by atoms with Gasteiger partial charge < -0.3 is 24.4 Å². The maximum Gasteiger partial charge on any atom is 0.131 e. The highest BCUT2D eigenvalue weighted by Crippen LogP contribution is 2.24. The van der Waals surface area contributed by atoms with Crippen LogP contribution in [0.1, 0.15) is 27.8 Å². The fraction of sp³-hybridized carbons (Fsp3) is 0.222. The second-order valence-corrected chi connectivity index (χ2v) is 11.2. The molecule has 0 fully saturated rings. The van der Waals surface area contributed by atoms with E-state index in [-0.39, 0.29) is 0 Å². The van der Waals surface area contributed by atoms with Crippen LogP contribution in [0.25, 0.3) is 0 Å². The second-order valence-electron chi connectivity index (χ2n) is 10.4. The molecular formula is C36H38Cl2N4O3. The summed E-state index contributed by atoms with van der Waals surface area (Å²) in [6, 6.07) is 31.8. The van der Waals surface area contributed by atoms with Gasteiger partial charge in [0.1, 0.15) is 39.2 Å². The van der Waals surface area contributed by atoms with Gasteiger partial charge in [0.05, 0.1) is 21.3 Å². The third-order valence-electron chi connectivity index (χ3n) is 6.88. The minimum atomic E-state index is 0.500. The van der Waals surface area contributed by atoms with Gasteiger partial charge in [-0.05, 0) is 102 Å². The van der Waals surface area contributed by atoms with Gasteiger partial charge in [0.2, 0.25) is 0 Å². The Morgan fingerprint density at radius 3 is 1.42 bits per heavy atom. The van der Waals surface area contributed by atoms with Gasteiger partial charge in [-0.15, -0.1) is 0 Å². The molecule has 0 aliphatic heterocycles. The van der Waals surface area contributed by atoms with Crippen molar-refractivity contribution in [1.29, 1.82) is 0 Å². The van der Waals surface area contributed by atoms with Gasteiger partial charge in [0.25, 0.3) is 0 Å². The van der Waals surface area contributed by atoms with Gasteiger partial charge in [0, 0.05) is 19.6 Å². The van der Waals surface area contributed by atoms with E-state index in [2.05, 4.69) is 50.5 Å². The van der Waals surface area contributed by atoms with Gasteiger partial charge in [-0.2, -0.15) is 0 Å². The predicted molar refractivity (Wildman–Crippen MR) is 184 cm³/mol. The summed E-state index contributed by atoms with van der Waals surface area (Å²) in [5, 5.41) is 4.25. The first-order valence-electron chi connectivity index (χ1n) is 14.4. The van der Waals surface area contributed by atoms with E-state index in [9.17, 15) is 0 Å². The van der Waals surface area contributed by atoms with Gasteiger partial charge in [-0.3, -0.25) is 0 Å². The molecule has 1 N–H and O–H groups in total. The molecule has 0 aliphatic rings. The van der Waals surface area contributed by atoms with Crippen molar-refractivity contribution in [3.05, 3.63) is 135 Å². The van der Waals surface area contributed by atoms with Crippen molar-refractivity contribution in [2.24, 2.45) is 0 Å². The van der Waals surface area contributed by atoms with Crippen LogP contribution in [-0.2, 0) is 19.6 Å². The molecule has 3 aromatic carbocycles. The van der Waals surface area contributed by atoms with Crippen LogP contribution >= 0.6 is 23.2 Å². The second kappa shape index (κ2) is 16.6. The van der Waals surface area contributed by atoms with Gasteiger partial charge in [-0.1, -0.05) is 59.6 Å². The van der Waals surface area contributed by atoms with Gasteiger partial charge in [0.15, 0.2) is 0 Å². The average molecular weight is 646 g/mol. The Labute approximate surface area is 275 Å². The van der Waals surface area contributed by atoms with E-state index < -0.39 is 0 Å². The molecule has 0 spiro atoms. The van der Waals surface area contributed by atoms with Crippen LogP contribution in [0.4, 0.5) is 11.6 Å². The first kappa shape index (κ1) is 33.4. The first-order valence-corrected chi connectivity index (χ1v) is 15.2. The summed E-state index contributed by atoms with van der Waals surface area (Å²) >= 11 is 12.1. The minimum Gasteiger partial charge on any atom is -0.497 e. The molecule has 2 aromatic heterocycles. The Morgan fingerprint density at radius 2 is 1.00 bits per heavy atom. The van der Waals surface area contributed by atoms with Crippen LogP contribution in [0.2, 0.25) is 10.3 Å². The molecule has 45 heavy (non-hydrogen) atoms. The molecule has 234 valence electrons. The largest absolute Gasteiger partial charge is 0.497 e. The number of aryl methyl sites for hydroxylation is 2. The number of hydrogen-bond acceptors (Lipinski definition) is 7. The monoisotopic (exact) mass is 644 g/mol. The number of aromatic nitrogens is 2. The highest BCUT2D eigenvalue weighted by molar-refractivity contribution is 6.29. The molecule has 0 atom stereocenters. The number of methoxy groups -OCH3 is 3. The average Bonchev–Trinajstić information content (AvgIpc) is 3.04. The summed E-state index contributed by atoms with van der Waals surface area (Å²) in [5.74, 6) is 4.19. The number of anilines is 2. The van der Waals surface area contributed by atoms with Crippen molar-refractivity contribution in [3.63, 3.8) is 0 Å². The van der Waals surface area contributed by atoms with Crippen LogP contribution in [0.5, 0.6) is 17.2 Å². The highest BCUT2D eigenvalue weighted by atomic mass is 35.5. The number of rotatable bonds is 11. The van der Waals surface area contributed by atoms with Crippen LogP contribution < -0.4 is 24.4 Å². The topological polar surface area (TPSA) is 68.7 Å². The zero-order chi connectivity index (χ0) is 32.2. The summed E-state index contributed by atoms with van der Waals surface area (Å²) in [4.78, 5) is 11.0. The number of hydrogen-bond donors (Lipinski definition) is 1. The summed E-state index contributed by atoms with van der Waals surface area (Å²) in [6.07, 6.45) is 0. The van der Waals surface area contributed by atoms with Gasteiger partial charge in [-0.25, -0.2) is 9.97 Å². The first-order chi connectivity index (χ1) is 21.7. The molecule has 9 heteroatoms. The number of nitrogens with one attached hydrogen (secondary N) is 1. The third-order valence-corrected chi connectivity index (χ3v) is 7.27. The maximum atomic E-state index is 6.21. The van der Waals surface area contributed by atoms with Crippen LogP contribution in [0.15, 0.2) is 97.1 Å². The van der Waals surface area contributed by atoms with E-state index in [4.69, 9.17) is 37.4 Å². The van der Waals surface area contributed by atoms with Crippen molar-refractivity contribution in [2.75, 3.05) is 31.5 Å². The van der Waals surface area contributed by atoms with Crippen LogP contribution in [-0.4, -0.2) is 31.3 Å². The zero-order valence-electron chi connectivity index (χ0n) is 26.2. The SMILES string of the molecule is COc1ccc(CN(Cc2ccc(OC)cc2)c2cc(C)cc(Cl)n2)cc1.COc1ccc(CNc2cc(C)cc(Cl)n2)cc1. The lowest BCUT2D eigenvalue weighted by atomic mass is 10.1. The quantitative estimate of drug-likeness (QED) is 0.144. The van der Waals surface area contributed by atoms with Crippen molar-refractivity contribution >= 4 is 34.8 Å². The maximum absolute atomic E-state index is 6.21. The standard InChI is InChI=1S/C22H23ClN2O2.C14H15ClN2O/c1-16-12-21(23)24-22(13-16)25(14-17-4-8-19(26-2)9-5-17)15-18-6-10-20(27-3)11-7-18;1-10-7-13(15)17-14(8-10)16-9-11-3-5-12(18-2)6-4-11/h4-13H,14-15H2,1-3H3;3-8H,9H2,1-2H3,(H,16,17). The number of pyridine rings is 2. The lowest BCUT2D eigenvalue weighted by Crippen LogP contribution is -2.23. The summed E-state index contributed by atoms with van der Waals surface area (Å²) in [5.41, 5.74) is 5.68. The van der Waals surface area contributed by atoms with Crippen LogP contribution in [0, 0.1) is 13.8 Å². The Morgan fingerprint density at radius 1 is 0.578 bits per heavy atom. The van der Waals surface area contributed by atoms with E-state index >= 15 is 0 Å². The summed E-state index contributed by atoms with van der Waals surface area (Å²) in [6.45, 7) is 6.14. The van der Waals surface area contributed by atoms with Gasteiger partial charge >= 0.3 is 0 Å². The Kier molecular flexibility index (Phi) is 12.3. The van der Waals surface area contributed by atoms with E-state index in [0.717, 1.165) is 45.6 Å². The smallest absolute Gasteiger partial charge is 0.131 e. The fourth-order valence-corrected chi connectivity index (χ4v) is 5.06. The molecule has 5 rings (SSSR count). The predicted octanol–water partition coefficient (Wildman–Crippen LogP) is 8.93. The number of ether oxygens (including phenoxy) is 3. The molecule has 0 saturated carbocycles. The van der Waals surface area contributed by atoms with E-state index in [1.807, 2.05) is 80.6 Å². The molecular weight excluding hydrogens is 607 g/mol. The molecule has 0 saturated heterocycles. The number of benzene rings is 3. The molecule has 0 aliphatic carbocycles. The van der Waals surface area contributed by atoms with Crippen molar-refractivity contribution < 1.29 is 14.2 Å². The Bertz CT molecular complexity index is 1560. The molecule has 7 nitrogen and oxygen atoms in total. The molecule has 0 unspecified atom stereocenters. The molecule has 0 bridgehead atoms. The number of halogens is 2. The molecule has 5 aromatic rings. The zero-order valence-corrected chi connectivity index (χ0v) is 27.7. The third kappa shape index (κ3) is 10.6.